The molecule has 1 N–H and O–H groups in total. The molecule has 2 aromatic rings. The first kappa shape index (κ1) is 21.6. The maximum atomic E-state index is 13.0. The van der Waals surface area contributed by atoms with Crippen LogP contribution in [0.3, 0.4) is 0 Å². The first-order valence-electron chi connectivity index (χ1n) is 8.80. The molecule has 3 rings (SSSR count). The normalized spacial score (nSPS) is 19.3. The number of benzene rings is 2. The Morgan fingerprint density at radius 1 is 0.867 bits per heavy atom. The summed E-state index contributed by atoms with van der Waals surface area (Å²) in [6, 6.07) is 8.67. The van der Waals surface area contributed by atoms with Gasteiger partial charge in [0.05, 0.1) is 28.0 Å². The first-order valence-corrected chi connectivity index (χ1v) is 9.56. The van der Waals surface area contributed by atoms with Crippen LogP contribution in [0.1, 0.15) is 11.1 Å². The van der Waals surface area contributed by atoms with Crippen molar-refractivity contribution < 1.29 is 19.5 Å². The average Bonchev–Trinajstić information content (AvgIpc) is 2.68. The van der Waals surface area contributed by atoms with Crippen molar-refractivity contribution in [2.24, 2.45) is 0 Å². The predicted octanol–water partition coefficient (Wildman–Crippen LogP) is 3.37. The van der Waals surface area contributed by atoms with E-state index < -0.39 is 9.85 Å². The molecular formula is C20H16Cl2N3O5+. The summed E-state index contributed by atoms with van der Waals surface area (Å²) < 4.78 is 0. The van der Waals surface area contributed by atoms with E-state index in [1.807, 2.05) is 7.05 Å². The number of hydrogen-bond donors (Lipinski definition) is 1. The van der Waals surface area contributed by atoms with E-state index >= 15 is 0 Å². The molecule has 2 aromatic carbocycles. The largest absolute Gasteiger partial charge is 0.330 e. The summed E-state index contributed by atoms with van der Waals surface area (Å²) in [6.07, 6.45) is 3.21. The van der Waals surface area contributed by atoms with Gasteiger partial charge in [-0.15, -0.1) is 0 Å². The minimum Gasteiger partial charge on any atom is -0.330 e. The molecule has 1 atom stereocenters. The Morgan fingerprint density at radius 3 is 1.63 bits per heavy atom. The van der Waals surface area contributed by atoms with Crippen molar-refractivity contribution in [2.75, 3.05) is 20.1 Å². The second-order valence-electron chi connectivity index (χ2n) is 6.91. The van der Waals surface area contributed by atoms with Gasteiger partial charge in [-0.3, -0.25) is 25.0 Å². The van der Waals surface area contributed by atoms with Gasteiger partial charge in [0.2, 0.25) is 0 Å². The summed E-state index contributed by atoms with van der Waals surface area (Å²) in [6.45, 7) is 0.876. The van der Waals surface area contributed by atoms with Crippen molar-refractivity contribution in [3.8, 4) is 0 Å². The van der Waals surface area contributed by atoms with Crippen LogP contribution in [-0.4, -0.2) is 35.8 Å². The third-order valence-electron chi connectivity index (χ3n) is 4.58. The Bertz CT molecular complexity index is 1040. The summed E-state index contributed by atoms with van der Waals surface area (Å²) in [5.74, 6) is -0.212. The molecule has 0 bridgehead atoms. The number of hydrogen-bond acceptors (Lipinski definition) is 5. The number of quaternary nitrogens is 1. The fourth-order valence-corrected chi connectivity index (χ4v) is 3.61. The number of likely N-dealkylation sites (N-methyl/N-ethyl adjacent to an activating group) is 1. The number of nitrogens with zero attached hydrogens (tertiary/aromatic N) is 2. The van der Waals surface area contributed by atoms with Gasteiger partial charge in [0, 0.05) is 12.1 Å². The van der Waals surface area contributed by atoms with E-state index in [4.69, 9.17) is 23.2 Å². The van der Waals surface area contributed by atoms with Crippen LogP contribution in [-0.2, 0) is 4.79 Å². The fraction of sp³-hybridized carbons (Fsp3) is 0.150. The third kappa shape index (κ3) is 4.73. The molecule has 30 heavy (non-hydrogen) atoms. The van der Waals surface area contributed by atoms with E-state index in [1.165, 1.54) is 24.3 Å². The standard InChI is InChI=1S/C20H15Cl2N3O5/c1-23-10-14(6-12-2-4-16(21)18(8-12)24(27)28)20(26)15(11-23)7-13-3-5-17(22)19(9-13)25(29)30/h2-9H,10-11H2,1H3/p+1/b14-6-,15-7+. The summed E-state index contributed by atoms with van der Waals surface area (Å²) in [4.78, 5) is 35.0. The Kier molecular flexibility index (Phi) is 6.31. The number of rotatable bonds is 4. The van der Waals surface area contributed by atoms with Gasteiger partial charge in [-0.2, -0.15) is 0 Å². The van der Waals surface area contributed by atoms with Gasteiger partial charge >= 0.3 is 0 Å². The number of likely N-dealkylation sites (tertiary alicyclic amines) is 1. The maximum absolute atomic E-state index is 13.0. The van der Waals surface area contributed by atoms with Crippen molar-refractivity contribution in [2.45, 2.75) is 0 Å². The number of nitrogens with one attached hydrogen (secondary N) is 1. The van der Waals surface area contributed by atoms with Gasteiger partial charge in [-0.25, -0.2) is 0 Å². The Hall–Kier alpha value is -3.07. The lowest BCUT2D eigenvalue weighted by Gasteiger charge is -2.23. The van der Waals surface area contributed by atoms with Crippen LogP contribution in [0.4, 0.5) is 11.4 Å². The molecule has 0 saturated carbocycles. The highest BCUT2D eigenvalue weighted by atomic mass is 35.5. The van der Waals surface area contributed by atoms with E-state index in [1.54, 1.807) is 24.3 Å². The van der Waals surface area contributed by atoms with Crippen LogP contribution in [0, 0.1) is 20.2 Å². The van der Waals surface area contributed by atoms with Crippen LogP contribution in [0.15, 0.2) is 47.5 Å². The van der Waals surface area contributed by atoms with Crippen molar-refractivity contribution in [3.63, 3.8) is 0 Å². The number of nitro benzene ring substituents is 2. The molecule has 0 amide bonds. The molecule has 8 nitrogen and oxygen atoms in total. The lowest BCUT2D eigenvalue weighted by molar-refractivity contribution is -0.870. The first-order chi connectivity index (χ1) is 14.2. The molecule has 1 aliphatic rings. The Morgan fingerprint density at radius 2 is 1.27 bits per heavy atom. The van der Waals surface area contributed by atoms with Gasteiger partial charge in [-0.1, -0.05) is 35.3 Å². The zero-order chi connectivity index (χ0) is 22.0. The monoisotopic (exact) mass is 448 g/mol. The SMILES string of the molecule is C[NH+]1C/C(=C/c2ccc(Cl)c([N+](=O)[O-])c2)C(=O)/C(=C/c2ccc(Cl)c([N+](=O)[O-])c2)C1. The maximum Gasteiger partial charge on any atom is 0.288 e. The van der Waals surface area contributed by atoms with Crippen molar-refractivity contribution in [1.29, 1.82) is 0 Å². The molecule has 1 saturated heterocycles. The van der Waals surface area contributed by atoms with Gasteiger partial charge < -0.3 is 4.90 Å². The minimum atomic E-state index is -0.580. The topological polar surface area (TPSA) is 108 Å². The quantitative estimate of drug-likeness (QED) is 0.438. The average molecular weight is 449 g/mol. The van der Waals surface area contributed by atoms with Crippen LogP contribution >= 0.6 is 23.2 Å². The van der Waals surface area contributed by atoms with Crippen molar-refractivity contribution >= 4 is 52.5 Å². The Balaban J connectivity index is 1.98. The second-order valence-corrected chi connectivity index (χ2v) is 7.73. The number of nitro groups is 2. The molecule has 0 aromatic heterocycles. The highest BCUT2D eigenvalue weighted by molar-refractivity contribution is 6.33. The van der Waals surface area contributed by atoms with Gasteiger partial charge in [0.1, 0.15) is 23.1 Å². The number of halogens is 2. The van der Waals surface area contributed by atoms with E-state index in [9.17, 15) is 25.0 Å². The summed E-state index contributed by atoms with van der Waals surface area (Å²) >= 11 is 11.7. The summed E-state index contributed by atoms with van der Waals surface area (Å²) in [5, 5.41) is 22.2. The Labute approximate surface area is 181 Å². The molecule has 1 heterocycles. The highest BCUT2D eigenvalue weighted by Gasteiger charge is 2.27. The van der Waals surface area contributed by atoms with Gasteiger partial charge in [0.25, 0.3) is 11.4 Å². The molecule has 0 aliphatic carbocycles. The van der Waals surface area contributed by atoms with E-state index in [0.29, 0.717) is 35.4 Å². The molecule has 154 valence electrons. The van der Waals surface area contributed by atoms with Crippen molar-refractivity contribution in [1.82, 2.24) is 0 Å². The molecular weight excluding hydrogens is 433 g/mol. The van der Waals surface area contributed by atoms with Crippen LogP contribution < -0.4 is 4.90 Å². The second kappa shape index (κ2) is 8.74. The van der Waals surface area contributed by atoms with E-state index in [-0.39, 0.29) is 27.2 Å². The minimum absolute atomic E-state index is 0.0183. The van der Waals surface area contributed by atoms with Crippen LogP contribution in [0.25, 0.3) is 12.2 Å². The zero-order valence-corrected chi connectivity index (χ0v) is 17.2. The molecule has 0 spiro atoms. The van der Waals surface area contributed by atoms with Gasteiger partial charge in [0.15, 0.2) is 5.78 Å². The molecule has 0 radical (unpaired) electrons. The van der Waals surface area contributed by atoms with Crippen LogP contribution in [0.5, 0.6) is 0 Å². The summed E-state index contributed by atoms with van der Waals surface area (Å²) in [5.41, 5.74) is 1.46. The van der Waals surface area contributed by atoms with Gasteiger partial charge in [-0.05, 0) is 35.4 Å². The fourth-order valence-electron chi connectivity index (χ4n) is 3.23. The lowest BCUT2D eigenvalue weighted by atomic mass is 9.94. The van der Waals surface area contributed by atoms with Crippen molar-refractivity contribution in [3.05, 3.63) is 88.9 Å². The smallest absolute Gasteiger partial charge is 0.288 e. The zero-order valence-electron chi connectivity index (χ0n) is 15.7. The summed E-state index contributed by atoms with van der Waals surface area (Å²) in [7, 11) is 1.91. The lowest BCUT2D eigenvalue weighted by Crippen LogP contribution is -3.10. The third-order valence-corrected chi connectivity index (χ3v) is 5.22. The predicted molar refractivity (Wildman–Crippen MR) is 114 cm³/mol. The number of carbonyl (C=O) groups is 1. The number of ketones is 1. The van der Waals surface area contributed by atoms with Crippen LogP contribution in [0.2, 0.25) is 10.0 Å². The molecule has 1 aliphatic heterocycles. The number of carbonyl (C=O) groups excluding carboxylic acids is 1. The number of piperidine rings is 1. The number of Topliss-reactive ketones (excluding diaryl/α,β-unsaturated/α-hetero) is 1. The molecule has 10 heteroatoms. The molecule has 1 unspecified atom stereocenters. The van der Waals surface area contributed by atoms with E-state index in [0.717, 1.165) is 4.90 Å². The highest BCUT2D eigenvalue weighted by Crippen LogP contribution is 2.28. The molecule has 1 fully saturated rings. The van der Waals surface area contributed by atoms with E-state index in [2.05, 4.69) is 0 Å².